The van der Waals surface area contributed by atoms with Gasteiger partial charge in [0.2, 0.25) is 0 Å². The van der Waals surface area contributed by atoms with E-state index < -0.39 is 5.67 Å². The average Bonchev–Trinajstić information content (AvgIpc) is 3.16. The number of hydrogen-bond donors (Lipinski definition) is 0. The second kappa shape index (κ2) is 7.41. The van der Waals surface area contributed by atoms with Crippen molar-refractivity contribution in [3.63, 3.8) is 0 Å². The Bertz CT molecular complexity index is 1080. The van der Waals surface area contributed by atoms with Gasteiger partial charge in [0.25, 0.3) is 0 Å². The Labute approximate surface area is 172 Å². The van der Waals surface area contributed by atoms with Crippen LogP contribution in [0.5, 0.6) is 0 Å². The lowest BCUT2D eigenvalue weighted by atomic mass is 9.91. The number of nitrogens with zero attached hydrogens (tertiary/aromatic N) is 7. The van der Waals surface area contributed by atoms with Gasteiger partial charge in [-0.3, -0.25) is 0 Å². The zero-order chi connectivity index (χ0) is 20.6. The smallest absolute Gasteiger partial charge is 0.173 e. The third-order valence-electron chi connectivity index (χ3n) is 5.28. The maximum atomic E-state index is 15.4. The van der Waals surface area contributed by atoms with Gasteiger partial charge >= 0.3 is 0 Å². The molecule has 9 heteroatoms. The van der Waals surface area contributed by atoms with E-state index >= 15 is 4.39 Å². The van der Waals surface area contributed by atoms with Crippen molar-refractivity contribution in [3.05, 3.63) is 53.1 Å². The first-order valence-corrected chi connectivity index (χ1v) is 9.60. The summed E-state index contributed by atoms with van der Waals surface area (Å²) in [7, 11) is 1.74. The normalized spacial score (nSPS) is 15.9. The molecule has 1 fully saturated rings. The molecule has 0 saturated carbocycles. The molecule has 0 bridgehead atoms. The van der Waals surface area contributed by atoms with E-state index in [-0.39, 0.29) is 12.8 Å². The predicted octanol–water partition coefficient (Wildman–Crippen LogP) is 3.57. The van der Waals surface area contributed by atoms with E-state index in [4.69, 9.17) is 11.6 Å². The number of anilines is 1. The fraction of sp³-hybridized carbons (Fsp3) is 0.350. The number of piperidine rings is 1. The van der Waals surface area contributed by atoms with Gasteiger partial charge in [-0.15, -0.1) is 10.2 Å². The molecular formula is C20H19ClFN7. The van der Waals surface area contributed by atoms with Crippen molar-refractivity contribution in [2.45, 2.75) is 25.4 Å². The van der Waals surface area contributed by atoms with Gasteiger partial charge in [-0.05, 0) is 24.6 Å². The van der Waals surface area contributed by atoms with Gasteiger partial charge in [0.1, 0.15) is 18.2 Å². The molecule has 0 spiro atoms. The molecule has 1 aliphatic rings. The third kappa shape index (κ3) is 3.54. The van der Waals surface area contributed by atoms with Crippen LogP contribution in [0.1, 0.15) is 30.1 Å². The molecule has 0 aliphatic carbocycles. The van der Waals surface area contributed by atoms with Gasteiger partial charge in [0.05, 0.1) is 16.3 Å². The molecule has 29 heavy (non-hydrogen) atoms. The van der Waals surface area contributed by atoms with Gasteiger partial charge in [0, 0.05) is 50.9 Å². The Balaban J connectivity index is 1.62. The Hall–Kier alpha value is -3.05. The highest BCUT2D eigenvalue weighted by molar-refractivity contribution is 6.34. The molecule has 1 saturated heterocycles. The maximum absolute atomic E-state index is 15.4. The molecule has 0 N–H and O–H groups in total. The average molecular weight is 412 g/mol. The lowest BCUT2D eigenvalue weighted by Gasteiger charge is -2.37. The zero-order valence-corrected chi connectivity index (χ0v) is 16.9. The van der Waals surface area contributed by atoms with Crippen LogP contribution in [-0.2, 0) is 12.7 Å². The highest BCUT2D eigenvalue weighted by Gasteiger charge is 2.40. The zero-order valence-electron chi connectivity index (χ0n) is 16.1. The fourth-order valence-corrected chi connectivity index (χ4v) is 4.05. The second-order valence-corrected chi connectivity index (χ2v) is 7.61. The van der Waals surface area contributed by atoms with Crippen LogP contribution in [0.2, 0.25) is 5.02 Å². The maximum Gasteiger partial charge on any atom is 0.173 e. The molecule has 7 nitrogen and oxygen atoms in total. The van der Waals surface area contributed by atoms with Gasteiger partial charge in [-0.25, -0.2) is 14.4 Å². The first-order valence-electron chi connectivity index (χ1n) is 9.22. The molecule has 148 valence electrons. The van der Waals surface area contributed by atoms with Crippen molar-refractivity contribution in [2.75, 3.05) is 18.0 Å². The van der Waals surface area contributed by atoms with Crippen LogP contribution in [0, 0.1) is 18.3 Å². The Kier molecular flexibility index (Phi) is 4.92. The van der Waals surface area contributed by atoms with E-state index in [1.807, 2.05) is 11.8 Å². The Morgan fingerprint density at radius 1 is 1.17 bits per heavy atom. The minimum Gasteiger partial charge on any atom is -0.369 e. The summed E-state index contributed by atoms with van der Waals surface area (Å²) in [5, 5.41) is 17.9. The quantitative estimate of drug-likeness (QED) is 0.655. The van der Waals surface area contributed by atoms with Crippen molar-refractivity contribution in [3.8, 4) is 17.2 Å². The number of aryl methyl sites for hydroxylation is 2. The number of aromatic nitrogens is 5. The summed E-state index contributed by atoms with van der Waals surface area (Å²) in [5.74, 6) is 1.00. The van der Waals surface area contributed by atoms with E-state index in [2.05, 4.69) is 26.2 Å². The summed E-state index contributed by atoms with van der Waals surface area (Å²) in [6, 6.07) is 5.80. The third-order valence-corrected chi connectivity index (χ3v) is 5.57. The summed E-state index contributed by atoms with van der Waals surface area (Å²) in [6.07, 6.45) is 5.39. The van der Waals surface area contributed by atoms with Gasteiger partial charge in [-0.1, -0.05) is 11.6 Å². The molecule has 0 radical (unpaired) electrons. The molecule has 0 amide bonds. The van der Waals surface area contributed by atoms with Crippen LogP contribution in [0.4, 0.5) is 10.1 Å². The van der Waals surface area contributed by atoms with Crippen molar-refractivity contribution < 1.29 is 4.39 Å². The molecule has 2 aromatic heterocycles. The molecule has 3 aromatic rings. The minimum atomic E-state index is -1.54. The summed E-state index contributed by atoms with van der Waals surface area (Å²) in [4.78, 5) is 10.4. The van der Waals surface area contributed by atoms with Crippen molar-refractivity contribution in [2.24, 2.45) is 7.05 Å². The number of hydrogen-bond acceptors (Lipinski definition) is 6. The van der Waals surface area contributed by atoms with Gasteiger partial charge in [-0.2, -0.15) is 5.26 Å². The highest BCUT2D eigenvalue weighted by atomic mass is 35.5. The van der Waals surface area contributed by atoms with Crippen molar-refractivity contribution in [1.29, 1.82) is 5.26 Å². The lowest BCUT2D eigenvalue weighted by molar-refractivity contribution is 0.109. The van der Waals surface area contributed by atoms with Crippen LogP contribution in [0.25, 0.3) is 11.1 Å². The number of alkyl halides is 1. The topological polar surface area (TPSA) is 83.5 Å². The molecule has 4 rings (SSSR count). The monoisotopic (exact) mass is 411 g/mol. The predicted molar refractivity (Wildman–Crippen MR) is 107 cm³/mol. The molecular weight excluding hydrogens is 393 g/mol. The molecule has 1 aliphatic heterocycles. The van der Waals surface area contributed by atoms with E-state index in [9.17, 15) is 5.26 Å². The first-order chi connectivity index (χ1) is 13.9. The standard InChI is InChI=1S/C20H19ClFN7/c1-13-24-10-16(11-25-13)14-7-15(9-23)18(17(21)8-14)29-5-3-20(22,4-6-29)19-27-26-12-28(19)2/h7-8,10-12H,3-6H2,1-2H3. The van der Waals surface area contributed by atoms with Crippen LogP contribution < -0.4 is 4.90 Å². The molecule has 3 heterocycles. The van der Waals surface area contributed by atoms with E-state index in [1.165, 1.54) is 6.33 Å². The van der Waals surface area contributed by atoms with E-state index in [1.54, 1.807) is 36.1 Å². The van der Waals surface area contributed by atoms with Crippen LogP contribution in [0.3, 0.4) is 0 Å². The molecule has 1 aromatic carbocycles. The summed E-state index contributed by atoms with van der Waals surface area (Å²) < 4.78 is 17.0. The van der Waals surface area contributed by atoms with Crippen LogP contribution >= 0.6 is 11.6 Å². The van der Waals surface area contributed by atoms with Crippen molar-refractivity contribution >= 4 is 17.3 Å². The Morgan fingerprint density at radius 2 is 1.86 bits per heavy atom. The van der Waals surface area contributed by atoms with E-state index in [0.29, 0.717) is 41.0 Å². The van der Waals surface area contributed by atoms with Crippen LogP contribution in [0.15, 0.2) is 30.9 Å². The van der Waals surface area contributed by atoms with Crippen LogP contribution in [-0.4, -0.2) is 37.8 Å². The fourth-order valence-electron chi connectivity index (χ4n) is 3.71. The number of rotatable bonds is 3. The lowest BCUT2D eigenvalue weighted by Crippen LogP contribution is -2.42. The van der Waals surface area contributed by atoms with Crippen molar-refractivity contribution in [1.82, 2.24) is 24.7 Å². The van der Waals surface area contributed by atoms with E-state index in [0.717, 1.165) is 11.1 Å². The summed E-state index contributed by atoms with van der Waals surface area (Å²) in [6.45, 7) is 2.65. The number of halogens is 2. The SMILES string of the molecule is Cc1ncc(-c2cc(Cl)c(N3CCC(F)(c4nncn4C)CC3)c(C#N)c2)cn1. The van der Waals surface area contributed by atoms with Gasteiger partial charge < -0.3 is 9.47 Å². The first kappa shape index (κ1) is 19.3. The minimum absolute atomic E-state index is 0.244. The summed E-state index contributed by atoms with van der Waals surface area (Å²) >= 11 is 6.57. The largest absolute Gasteiger partial charge is 0.369 e. The van der Waals surface area contributed by atoms with Gasteiger partial charge in [0.15, 0.2) is 11.5 Å². The molecule has 0 unspecified atom stereocenters. The highest BCUT2D eigenvalue weighted by Crippen LogP contribution is 2.41. The number of benzene rings is 1. The number of nitriles is 1. The molecule has 0 atom stereocenters. The summed E-state index contributed by atoms with van der Waals surface area (Å²) in [5.41, 5.74) is 1.08. The Morgan fingerprint density at radius 3 is 2.45 bits per heavy atom. The second-order valence-electron chi connectivity index (χ2n) is 7.20.